The third-order valence-electron chi connectivity index (χ3n) is 1.28. The third kappa shape index (κ3) is 14.9. The highest BCUT2D eigenvalue weighted by molar-refractivity contribution is 7.51. The number of hydrogen-bond donors (Lipinski definition) is 1. The Bertz CT molecular complexity index is 331. The van der Waals surface area contributed by atoms with E-state index in [-0.39, 0.29) is 5.91 Å². The number of allylic oxidation sites excluding steroid dienone is 4. The van der Waals surface area contributed by atoms with Gasteiger partial charge in [-0.15, -0.1) is 0 Å². The summed E-state index contributed by atoms with van der Waals surface area (Å²) in [5.74, 6) is -0.165. The first-order chi connectivity index (χ1) is 7.47. The molecule has 6 heteroatoms. The zero-order valence-electron chi connectivity index (χ0n) is 9.16. The lowest BCUT2D eigenvalue weighted by Gasteiger charge is -1.98. The largest absolute Gasteiger partial charge is 0.335 e. The first kappa shape index (κ1) is 16.9. The molecule has 0 aromatic rings. The summed E-state index contributed by atoms with van der Waals surface area (Å²) in [5.41, 5.74) is 1.30. The van der Waals surface area contributed by atoms with Gasteiger partial charge in [0.05, 0.1) is 0 Å². The molecule has 0 aromatic carbocycles. The first-order valence-corrected chi connectivity index (χ1v) is 4.93. The number of hydrogen-bond acceptors (Lipinski definition) is 3. The number of amides is 1. The molecule has 16 heavy (non-hydrogen) atoms. The average molecular weight is 247 g/mol. The van der Waals surface area contributed by atoms with Gasteiger partial charge < -0.3 is 5.32 Å². The monoisotopic (exact) mass is 247 g/mol. The van der Waals surface area contributed by atoms with Gasteiger partial charge in [0.1, 0.15) is 6.67 Å². The molecular formula is C10H14FNO3S. The van der Waals surface area contributed by atoms with Gasteiger partial charge in [-0.2, -0.15) is 8.42 Å². The molecule has 0 aliphatic rings. The maximum Gasteiger partial charge on any atom is 0.335 e. The zero-order chi connectivity index (χ0) is 13.0. The zero-order valence-corrected chi connectivity index (χ0v) is 9.97. The van der Waals surface area contributed by atoms with Crippen LogP contribution in [0.15, 0.2) is 36.1 Å². The van der Waals surface area contributed by atoms with Gasteiger partial charge in [-0.05, 0) is 13.0 Å². The number of carbonyl (C=O) groups excluding carboxylic acids is 1. The van der Waals surface area contributed by atoms with Crippen molar-refractivity contribution in [1.29, 1.82) is 0 Å². The minimum absolute atomic E-state index is 0.165. The first-order valence-electron chi connectivity index (χ1n) is 4.27. The summed E-state index contributed by atoms with van der Waals surface area (Å²) in [6, 6.07) is 0. The van der Waals surface area contributed by atoms with Crippen LogP contribution in [0.3, 0.4) is 0 Å². The molecule has 90 valence electrons. The van der Waals surface area contributed by atoms with E-state index in [1.54, 1.807) is 19.1 Å². The predicted molar refractivity (Wildman–Crippen MR) is 60.7 cm³/mol. The highest BCUT2D eigenvalue weighted by Crippen LogP contribution is 1.97. The lowest BCUT2D eigenvalue weighted by Crippen LogP contribution is -2.16. The Morgan fingerprint density at radius 3 is 2.25 bits per heavy atom. The van der Waals surface area contributed by atoms with Gasteiger partial charge in [-0.1, -0.05) is 24.3 Å². The fourth-order valence-electron chi connectivity index (χ4n) is 0.690. The van der Waals surface area contributed by atoms with Crippen molar-refractivity contribution in [3.8, 4) is 0 Å². The van der Waals surface area contributed by atoms with Crippen LogP contribution in [0.4, 0.5) is 4.39 Å². The summed E-state index contributed by atoms with van der Waals surface area (Å²) < 4.78 is 28.4. The molecule has 0 bridgehead atoms. The van der Waals surface area contributed by atoms with Gasteiger partial charge >= 0.3 is 11.6 Å². The maximum absolute atomic E-state index is 11.8. The Kier molecular flexibility index (Phi) is 12.1. The highest BCUT2D eigenvalue weighted by atomic mass is 32.1. The van der Waals surface area contributed by atoms with Gasteiger partial charge in [0.15, 0.2) is 0 Å². The van der Waals surface area contributed by atoms with Crippen LogP contribution in [0.25, 0.3) is 0 Å². The van der Waals surface area contributed by atoms with E-state index in [0.717, 1.165) is 5.57 Å². The van der Waals surface area contributed by atoms with E-state index in [2.05, 4.69) is 11.9 Å². The van der Waals surface area contributed by atoms with Crippen molar-refractivity contribution in [1.82, 2.24) is 5.32 Å². The highest BCUT2D eigenvalue weighted by Gasteiger charge is 1.90. The minimum Gasteiger partial charge on any atom is -0.327 e. The summed E-state index contributed by atoms with van der Waals surface area (Å²) in [4.78, 5) is 10.5. The molecule has 0 aromatic heterocycles. The molecule has 4 nitrogen and oxygen atoms in total. The fraction of sp³-hybridized carbons (Fsp3) is 0.300. The Morgan fingerprint density at radius 2 is 1.88 bits per heavy atom. The predicted octanol–water partition coefficient (Wildman–Crippen LogP) is 1.44. The van der Waals surface area contributed by atoms with Crippen molar-refractivity contribution >= 4 is 17.5 Å². The van der Waals surface area contributed by atoms with Crippen LogP contribution >= 0.6 is 0 Å². The topological polar surface area (TPSA) is 63.2 Å². The van der Waals surface area contributed by atoms with Crippen LogP contribution in [-0.4, -0.2) is 21.0 Å². The molecule has 1 N–H and O–H groups in total. The van der Waals surface area contributed by atoms with Gasteiger partial charge in [0.2, 0.25) is 5.91 Å². The molecule has 0 radical (unpaired) electrons. The van der Waals surface area contributed by atoms with Gasteiger partial charge in [-0.25, -0.2) is 4.39 Å². The molecule has 0 fully saturated rings. The number of alkyl halides is 1. The van der Waals surface area contributed by atoms with E-state index in [1.807, 2.05) is 0 Å². The van der Waals surface area contributed by atoms with Crippen molar-refractivity contribution in [2.24, 2.45) is 0 Å². The Hall–Kier alpha value is -1.56. The molecule has 1 amide bonds. The van der Waals surface area contributed by atoms with Crippen LogP contribution < -0.4 is 5.32 Å². The summed E-state index contributed by atoms with van der Waals surface area (Å²) >= 11 is -0.750. The Labute approximate surface area is 97.5 Å². The lowest BCUT2D eigenvalue weighted by molar-refractivity contribution is -0.118. The molecule has 0 unspecified atom stereocenters. The SMILES string of the molecule is C=C(/C=C\C(C)=C/CF)NC(C)=O.O=S=O. The molecule has 0 aliphatic carbocycles. The van der Waals surface area contributed by atoms with Crippen LogP contribution in [-0.2, 0) is 16.4 Å². The van der Waals surface area contributed by atoms with Gasteiger partial charge in [0.25, 0.3) is 0 Å². The van der Waals surface area contributed by atoms with E-state index in [0.29, 0.717) is 5.70 Å². The number of nitrogens with one attached hydrogen (secondary N) is 1. The summed E-state index contributed by atoms with van der Waals surface area (Å²) in [6.07, 6.45) is 4.76. The molecular weight excluding hydrogens is 233 g/mol. The van der Waals surface area contributed by atoms with Crippen LogP contribution in [0.2, 0.25) is 0 Å². The second-order valence-corrected chi connectivity index (χ2v) is 2.85. The molecule has 0 rings (SSSR count). The van der Waals surface area contributed by atoms with E-state index in [9.17, 15) is 9.18 Å². The fourth-order valence-corrected chi connectivity index (χ4v) is 0.690. The van der Waals surface area contributed by atoms with E-state index in [1.165, 1.54) is 13.0 Å². The summed E-state index contributed by atoms with van der Waals surface area (Å²) in [5, 5.41) is 2.50. The van der Waals surface area contributed by atoms with Crippen LogP contribution in [0, 0.1) is 0 Å². The Balaban J connectivity index is 0. The standard InChI is InChI=1S/C10H14FNO.O2S/c1-8(6-7-11)4-5-9(2)12-10(3)13;1-3-2/h4-6H,2,7H2,1,3H3,(H,12,13);/b5-4-,8-6-;. The van der Waals surface area contributed by atoms with Crippen molar-refractivity contribution in [3.63, 3.8) is 0 Å². The summed E-state index contributed by atoms with van der Waals surface area (Å²) in [7, 11) is 0. The molecule has 0 aliphatic heterocycles. The Morgan fingerprint density at radius 1 is 1.38 bits per heavy atom. The van der Waals surface area contributed by atoms with Crippen molar-refractivity contribution in [2.45, 2.75) is 13.8 Å². The summed E-state index contributed by atoms with van der Waals surface area (Å²) in [6.45, 7) is 6.28. The normalized spacial score (nSPS) is 10.3. The van der Waals surface area contributed by atoms with Crippen molar-refractivity contribution < 1.29 is 17.6 Å². The maximum atomic E-state index is 11.8. The minimum atomic E-state index is -0.750. The second-order valence-electron chi connectivity index (χ2n) is 2.71. The van der Waals surface area contributed by atoms with Crippen molar-refractivity contribution in [2.75, 3.05) is 6.67 Å². The molecule has 0 saturated carbocycles. The van der Waals surface area contributed by atoms with E-state index < -0.39 is 18.2 Å². The lowest BCUT2D eigenvalue weighted by atomic mass is 10.2. The molecule has 0 spiro atoms. The van der Waals surface area contributed by atoms with Crippen LogP contribution in [0.1, 0.15) is 13.8 Å². The van der Waals surface area contributed by atoms with E-state index >= 15 is 0 Å². The van der Waals surface area contributed by atoms with Gasteiger partial charge in [-0.3, -0.25) is 4.79 Å². The van der Waals surface area contributed by atoms with Crippen LogP contribution in [0.5, 0.6) is 0 Å². The molecule has 0 heterocycles. The number of rotatable bonds is 4. The van der Waals surface area contributed by atoms with E-state index in [4.69, 9.17) is 8.42 Å². The molecule has 0 saturated heterocycles. The third-order valence-corrected chi connectivity index (χ3v) is 1.28. The second kappa shape index (κ2) is 11.5. The molecule has 0 atom stereocenters. The number of carbonyl (C=O) groups is 1. The quantitative estimate of drug-likeness (QED) is 0.764. The van der Waals surface area contributed by atoms with Crippen molar-refractivity contribution in [3.05, 3.63) is 36.1 Å². The van der Waals surface area contributed by atoms with Gasteiger partial charge in [0, 0.05) is 12.6 Å². The average Bonchev–Trinajstić information content (AvgIpc) is 2.15. The smallest absolute Gasteiger partial charge is 0.327 e. The number of halogens is 1.